The van der Waals surface area contributed by atoms with E-state index in [9.17, 15) is 0 Å². The molecule has 3 nitrogen and oxygen atoms in total. The van der Waals surface area contributed by atoms with Gasteiger partial charge in [0.25, 0.3) is 0 Å². The Hall–Kier alpha value is -2.44. The quantitative estimate of drug-likeness (QED) is 0.629. The molecule has 90 valence electrons. The van der Waals surface area contributed by atoms with Gasteiger partial charge in [-0.2, -0.15) is 5.26 Å². The summed E-state index contributed by atoms with van der Waals surface area (Å²) in [5, 5.41) is 10.3. The molecule has 4 heteroatoms. The Labute approximate surface area is 115 Å². The standard InChI is InChI=1S/C15H8ClN3/c16-14-12-7-3-4-8-13(12)18-15(19-14)11-6-2-1-5-10(11)9-17/h1-8H. The predicted octanol–water partition coefficient (Wildman–Crippen LogP) is 3.82. The molecule has 19 heavy (non-hydrogen) atoms. The first kappa shape index (κ1) is 11.6. The van der Waals surface area contributed by atoms with E-state index in [1.165, 1.54) is 0 Å². The molecule has 0 saturated carbocycles. The molecule has 0 atom stereocenters. The Kier molecular flexibility index (Phi) is 2.86. The second kappa shape index (κ2) is 4.68. The van der Waals surface area contributed by atoms with E-state index in [2.05, 4.69) is 16.0 Å². The highest BCUT2D eigenvalue weighted by Gasteiger charge is 2.10. The summed E-state index contributed by atoms with van der Waals surface area (Å²) in [5.41, 5.74) is 2.00. The summed E-state index contributed by atoms with van der Waals surface area (Å²) in [6, 6.07) is 16.9. The molecule has 0 aliphatic rings. The number of hydrogen-bond acceptors (Lipinski definition) is 3. The van der Waals surface area contributed by atoms with E-state index in [0.29, 0.717) is 22.1 Å². The van der Waals surface area contributed by atoms with E-state index in [1.807, 2.05) is 42.5 Å². The van der Waals surface area contributed by atoms with Gasteiger partial charge in [0.2, 0.25) is 0 Å². The maximum atomic E-state index is 9.12. The lowest BCUT2D eigenvalue weighted by atomic mass is 10.1. The van der Waals surface area contributed by atoms with Gasteiger partial charge in [0.15, 0.2) is 5.82 Å². The van der Waals surface area contributed by atoms with Crippen molar-refractivity contribution < 1.29 is 0 Å². The lowest BCUT2D eigenvalue weighted by Crippen LogP contribution is -1.93. The molecule has 0 aliphatic carbocycles. The van der Waals surface area contributed by atoms with Crippen molar-refractivity contribution in [1.29, 1.82) is 5.26 Å². The molecular weight excluding hydrogens is 258 g/mol. The van der Waals surface area contributed by atoms with E-state index in [4.69, 9.17) is 16.9 Å². The lowest BCUT2D eigenvalue weighted by molar-refractivity contribution is 1.22. The Morgan fingerprint density at radius 2 is 1.68 bits per heavy atom. The number of aromatic nitrogens is 2. The van der Waals surface area contributed by atoms with Gasteiger partial charge >= 0.3 is 0 Å². The van der Waals surface area contributed by atoms with Gasteiger partial charge in [0.1, 0.15) is 5.15 Å². The smallest absolute Gasteiger partial charge is 0.162 e. The first-order valence-corrected chi connectivity index (χ1v) is 6.09. The van der Waals surface area contributed by atoms with E-state index in [-0.39, 0.29) is 0 Å². The zero-order valence-corrected chi connectivity index (χ0v) is 10.6. The lowest BCUT2D eigenvalue weighted by Gasteiger charge is -2.05. The van der Waals surface area contributed by atoms with Gasteiger partial charge < -0.3 is 0 Å². The number of halogens is 1. The number of para-hydroxylation sites is 1. The zero-order chi connectivity index (χ0) is 13.2. The summed E-state index contributed by atoms with van der Waals surface area (Å²) in [5.74, 6) is 0.473. The van der Waals surface area contributed by atoms with Crippen LogP contribution in [0.3, 0.4) is 0 Å². The monoisotopic (exact) mass is 265 g/mol. The maximum Gasteiger partial charge on any atom is 0.162 e. The topological polar surface area (TPSA) is 49.6 Å². The van der Waals surface area contributed by atoms with Crippen molar-refractivity contribution >= 4 is 22.5 Å². The largest absolute Gasteiger partial charge is 0.228 e. The van der Waals surface area contributed by atoms with Crippen molar-refractivity contribution in [3.05, 3.63) is 59.2 Å². The van der Waals surface area contributed by atoms with Crippen molar-refractivity contribution in [3.63, 3.8) is 0 Å². The third-order valence-corrected chi connectivity index (χ3v) is 3.13. The summed E-state index contributed by atoms with van der Waals surface area (Å²) in [6.07, 6.45) is 0. The minimum Gasteiger partial charge on any atom is -0.228 e. The maximum absolute atomic E-state index is 9.12. The van der Waals surface area contributed by atoms with Crippen LogP contribution in [0.25, 0.3) is 22.3 Å². The van der Waals surface area contributed by atoms with Crippen molar-refractivity contribution in [1.82, 2.24) is 9.97 Å². The van der Waals surface area contributed by atoms with Crippen LogP contribution in [-0.2, 0) is 0 Å². The first-order valence-electron chi connectivity index (χ1n) is 5.71. The Morgan fingerprint density at radius 3 is 2.53 bits per heavy atom. The van der Waals surface area contributed by atoms with Crippen LogP contribution in [0.5, 0.6) is 0 Å². The average Bonchev–Trinajstić information content (AvgIpc) is 2.47. The summed E-state index contributed by atoms with van der Waals surface area (Å²) < 4.78 is 0. The van der Waals surface area contributed by atoms with Crippen LogP contribution in [0, 0.1) is 11.3 Å². The van der Waals surface area contributed by atoms with E-state index in [0.717, 1.165) is 10.9 Å². The summed E-state index contributed by atoms with van der Waals surface area (Å²) >= 11 is 6.17. The molecule has 3 aromatic rings. The normalized spacial score (nSPS) is 10.3. The number of rotatable bonds is 1. The molecular formula is C15H8ClN3. The number of fused-ring (bicyclic) bond motifs is 1. The van der Waals surface area contributed by atoms with Crippen LogP contribution in [0.1, 0.15) is 5.56 Å². The fourth-order valence-electron chi connectivity index (χ4n) is 1.93. The van der Waals surface area contributed by atoms with Gasteiger partial charge in [0, 0.05) is 10.9 Å². The third-order valence-electron chi connectivity index (χ3n) is 2.85. The van der Waals surface area contributed by atoms with Crippen LogP contribution >= 0.6 is 11.6 Å². The van der Waals surface area contributed by atoms with Crippen molar-refractivity contribution in [2.45, 2.75) is 0 Å². The molecule has 0 unspecified atom stereocenters. The number of benzene rings is 2. The molecule has 2 aromatic carbocycles. The molecule has 0 radical (unpaired) electrons. The van der Waals surface area contributed by atoms with Crippen LogP contribution in [-0.4, -0.2) is 9.97 Å². The van der Waals surface area contributed by atoms with Gasteiger partial charge in [-0.05, 0) is 24.3 Å². The van der Waals surface area contributed by atoms with E-state index < -0.39 is 0 Å². The predicted molar refractivity (Wildman–Crippen MR) is 74.7 cm³/mol. The second-order valence-corrected chi connectivity index (χ2v) is 4.37. The molecule has 0 aliphatic heterocycles. The van der Waals surface area contributed by atoms with Crippen LogP contribution < -0.4 is 0 Å². The summed E-state index contributed by atoms with van der Waals surface area (Å²) in [4.78, 5) is 8.75. The molecule has 0 saturated heterocycles. The van der Waals surface area contributed by atoms with Crippen LogP contribution in [0.15, 0.2) is 48.5 Å². The van der Waals surface area contributed by atoms with E-state index >= 15 is 0 Å². The molecule has 0 fully saturated rings. The number of nitriles is 1. The molecule has 1 heterocycles. The zero-order valence-electron chi connectivity index (χ0n) is 9.84. The molecule has 0 spiro atoms. The van der Waals surface area contributed by atoms with Crippen LogP contribution in [0.4, 0.5) is 0 Å². The molecule has 0 amide bonds. The highest BCUT2D eigenvalue weighted by Crippen LogP contribution is 2.26. The van der Waals surface area contributed by atoms with Crippen LogP contribution in [0.2, 0.25) is 5.15 Å². The highest BCUT2D eigenvalue weighted by atomic mass is 35.5. The van der Waals surface area contributed by atoms with Gasteiger partial charge in [-0.25, -0.2) is 9.97 Å². The van der Waals surface area contributed by atoms with Gasteiger partial charge in [-0.3, -0.25) is 0 Å². The molecule has 3 rings (SSSR count). The fourth-order valence-corrected chi connectivity index (χ4v) is 2.17. The summed E-state index contributed by atoms with van der Waals surface area (Å²) in [7, 11) is 0. The van der Waals surface area contributed by atoms with Gasteiger partial charge in [-0.15, -0.1) is 0 Å². The minimum absolute atomic E-state index is 0.397. The van der Waals surface area contributed by atoms with E-state index in [1.54, 1.807) is 6.07 Å². The Bertz CT molecular complexity index is 806. The Morgan fingerprint density at radius 1 is 0.947 bits per heavy atom. The average molecular weight is 266 g/mol. The van der Waals surface area contributed by atoms with Gasteiger partial charge in [0.05, 0.1) is 17.1 Å². The highest BCUT2D eigenvalue weighted by molar-refractivity contribution is 6.34. The third kappa shape index (κ3) is 2.03. The SMILES string of the molecule is N#Cc1ccccc1-c1nc(Cl)c2ccccc2n1. The molecule has 0 N–H and O–H groups in total. The number of nitrogens with zero attached hydrogens (tertiary/aromatic N) is 3. The second-order valence-electron chi connectivity index (χ2n) is 4.01. The van der Waals surface area contributed by atoms with Crippen molar-refractivity contribution in [3.8, 4) is 17.5 Å². The van der Waals surface area contributed by atoms with Crippen molar-refractivity contribution in [2.75, 3.05) is 0 Å². The van der Waals surface area contributed by atoms with Gasteiger partial charge in [-0.1, -0.05) is 35.9 Å². The molecule has 0 bridgehead atoms. The molecule has 1 aromatic heterocycles. The first-order chi connectivity index (χ1) is 9.29. The number of hydrogen-bond donors (Lipinski definition) is 0. The minimum atomic E-state index is 0.397. The van der Waals surface area contributed by atoms with Crippen molar-refractivity contribution in [2.24, 2.45) is 0 Å². The Balaban J connectivity index is 2.29. The fraction of sp³-hybridized carbons (Fsp3) is 0. The summed E-state index contributed by atoms with van der Waals surface area (Å²) in [6.45, 7) is 0.